The number of carbonyl (C=O) groups is 1. The van der Waals surface area contributed by atoms with Crippen LogP contribution in [0.2, 0.25) is 0 Å². The van der Waals surface area contributed by atoms with Gasteiger partial charge in [-0.1, -0.05) is 71.1 Å². The number of quaternary nitrogens is 1. The van der Waals surface area contributed by atoms with E-state index in [1.807, 2.05) is 6.08 Å². The van der Waals surface area contributed by atoms with Crippen LogP contribution in [-0.2, 0) is 14.3 Å². The molecule has 0 aliphatic carbocycles. The van der Waals surface area contributed by atoms with Crippen LogP contribution in [0.3, 0.4) is 0 Å². The summed E-state index contributed by atoms with van der Waals surface area (Å²) in [5.41, 5.74) is 0. The Hall–Kier alpha value is -0.870. The zero-order valence-corrected chi connectivity index (χ0v) is 18.9. The topological polar surface area (TPSA) is 35.5 Å². The summed E-state index contributed by atoms with van der Waals surface area (Å²) in [6.07, 6.45) is 17.8. The van der Waals surface area contributed by atoms with E-state index in [2.05, 4.69) is 28.1 Å². The number of allylic oxidation sites excluding steroid dienone is 1. The van der Waals surface area contributed by atoms with Crippen molar-refractivity contribution in [2.75, 3.05) is 40.9 Å². The van der Waals surface area contributed by atoms with Gasteiger partial charge in [0.05, 0.1) is 27.7 Å². The van der Waals surface area contributed by atoms with Crippen molar-refractivity contribution in [2.24, 2.45) is 0 Å². The Morgan fingerprint density at radius 3 is 1.85 bits per heavy atom. The molecule has 4 nitrogen and oxygen atoms in total. The van der Waals surface area contributed by atoms with Gasteiger partial charge in [-0.05, 0) is 18.9 Å². The molecule has 0 spiro atoms. The lowest BCUT2D eigenvalue weighted by Crippen LogP contribution is -2.37. The van der Waals surface area contributed by atoms with E-state index < -0.39 is 0 Å². The maximum Gasteiger partial charge on any atom is 0.307 e. The Morgan fingerprint density at radius 2 is 1.37 bits per heavy atom. The lowest BCUT2D eigenvalue weighted by molar-refractivity contribution is -0.870. The van der Waals surface area contributed by atoms with Crippen LogP contribution >= 0.6 is 0 Å². The van der Waals surface area contributed by atoms with Crippen molar-refractivity contribution in [3.05, 3.63) is 11.8 Å². The van der Waals surface area contributed by atoms with Gasteiger partial charge < -0.3 is 14.0 Å². The van der Waals surface area contributed by atoms with E-state index in [0.717, 1.165) is 23.9 Å². The molecular weight excluding hydrogens is 338 g/mol. The smallest absolute Gasteiger partial charge is 0.307 e. The van der Waals surface area contributed by atoms with Crippen LogP contribution in [0, 0.1) is 0 Å². The summed E-state index contributed by atoms with van der Waals surface area (Å²) in [7, 11) is 6.41. The third kappa shape index (κ3) is 21.3. The van der Waals surface area contributed by atoms with Crippen LogP contribution in [0.1, 0.15) is 90.9 Å². The molecule has 0 saturated carbocycles. The third-order valence-corrected chi connectivity index (χ3v) is 4.61. The first-order chi connectivity index (χ1) is 12.8. The molecule has 0 saturated heterocycles. The second-order valence-electron chi connectivity index (χ2n) is 8.65. The predicted octanol–water partition coefficient (Wildman–Crippen LogP) is 5.86. The maximum atomic E-state index is 11.2. The third-order valence-electron chi connectivity index (χ3n) is 4.61. The average molecular weight is 385 g/mol. The molecule has 0 aromatic rings. The molecule has 0 aliphatic rings. The summed E-state index contributed by atoms with van der Waals surface area (Å²) in [4.78, 5) is 11.2. The normalized spacial score (nSPS) is 12.4. The molecule has 0 aromatic heterocycles. The summed E-state index contributed by atoms with van der Waals surface area (Å²) in [6, 6.07) is 0. The summed E-state index contributed by atoms with van der Waals surface area (Å²) in [6.45, 7) is 5.70. The van der Waals surface area contributed by atoms with E-state index in [-0.39, 0.29) is 5.97 Å². The van der Waals surface area contributed by atoms with Crippen molar-refractivity contribution in [1.29, 1.82) is 0 Å². The van der Waals surface area contributed by atoms with Gasteiger partial charge in [-0.15, -0.1) is 0 Å². The SMILES string of the molecule is CCCCCCCCCCCCCC=C(COCC[N+](C)(C)C)OC(C)=O. The molecule has 0 atom stereocenters. The molecule has 0 aliphatic heterocycles. The zero-order chi connectivity index (χ0) is 20.4. The van der Waals surface area contributed by atoms with Gasteiger partial charge in [-0.2, -0.15) is 0 Å². The Bertz CT molecular complexity index is 386. The summed E-state index contributed by atoms with van der Waals surface area (Å²) < 4.78 is 11.8. The number of carbonyl (C=O) groups excluding carboxylic acids is 1. The number of unbranched alkanes of at least 4 members (excludes halogenated alkanes) is 11. The fourth-order valence-electron chi connectivity index (χ4n) is 2.90. The van der Waals surface area contributed by atoms with E-state index in [9.17, 15) is 4.79 Å². The summed E-state index contributed by atoms with van der Waals surface area (Å²) >= 11 is 0. The van der Waals surface area contributed by atoms with Crippen LogP contribution < -0.4 is 0 Å². The number of hydrogen-bond donors (Lipinski definition) is 0. The van der Waals surface area contributed by atoms with Crippen LogP contribution in [0.25, 0.3) is 0 Å². The molecule has 27 heavy (non-hydrogen) atoms. The van der Waals surface area contributed by atoms with Gasteiger partial charge in [0.2, 0.25) is 0 Å². The van der Waals surface area contributed by atoms with Crippen molar-refractivity contribution in [2.45, 2.75) is 90.9 Å². The van der Waals surface area contributed by atoms with E-state index in [4.69, 9.17) is 9.47 Å². The molecule has 0 bridgehead atoms. The first-order valence-corrected chi connectivity index (χ1v) is 11.1. The Labute approximate surface area is 168 Å². The molecular formula is C23H46NO3+. The number of likely N-dealkylation sites (N-methyl/N-ethyl adjacent to an activating group) is 1. The van der Waals surface area contributed by atoms with Crippen LogP contribution in [-0.4, -0.2) is 51.4 Å². The Morgan fingerprint density at radius 1 is 0.852 bits per heavy atom. The average Bonchev–Trinajstić information content (AvgIpc) is 2.58. The van der Waals surface area contributed by atoms with E-state index in [1.165, 1.54) is 71.1 Å². The second-order valence-corrected chi connectivity index (χ2v) is 8.65. The van der Waals surface area contributed by atoms with Crippen LogP contribution in [0.15, 0.2) is 11.8 Å². The van der Waals surface area contributed by atoms with Gasteiger partial charge in [0.25, 0.3) is 0 Å². The lowest BCUT2D eigenvalue weighted by atomic mass is 10.1. The first-order valence-electron chi connectivity index (χ1n) is 11.1. The fourth-order valence-corrected chi connectivity index (χ4v) is 2.90. The quantitative estimate of drug-likeness (QED) is 0.129. The molecule has 0 unspecified atom stereocenters. The highest BCUT2D eigenvalue weighted by molar-refractivity contribution is 5.67. The number of rotatable bonds is 18. The highest BCUT2D eigenvalue weighted by atomic mass is 16.6. The fraction of sp³-hybridized carbons (Fsp3) is 0.870. The molecule has 0 heterocycles. The molecule has 0 rings (SSSR count). The van der Waals surface area contributed by atoms with Gasteiger partial charge in [0, 0.05) is 6.92 Å². The van der Waals surface area contributed by atoms with Gasteiger partial charge in [-0.25, -0.2) is 0 Å². The highest BCUT2D eigenvalue weighted by Crippen LogP contribution is 2.13. The summed E-state index contributed by atoms with van der Waals surface area (Å²) in [5.74, 6) is 0.395. The van der Waals surface area contributed by atoms with Crippen molar-refractivity contribution in [3.8, 4) is 0 Å². The number of hydrogen-bond acceptors (Lipinski definition) is 3. The van der Waals surface area contributed by atoms with E-state index in [1.54, 1.807) is 0 Å². The minimum atomic E-state index is -0.268. The molecule has 160 valence electrons. The molecule has 0 radical (unpaired) electrons. The van der Waals surface area contributed by atoms with Crippen molar-refractivity contribution >= 4 is 5.97 Å². The molecule has 0 fully saturated rings. The zero-order valence-electron chi connectivity index (χ0n) is 18.9. The van der Waals surface area contributed by atoms with E-state index in [0.29, 0.717) is 19.0 Å². The Kier molecular flexibility index (Phi) is 16.7. The minimum Gasteiger partial charge on any atom is -0.429 e. The van der Waals surface area contributed by atoms with Gasteiger partial charge in [0.1, 0.15) is 18.9 Å². The minimum absolute atomic E-state index is 0.268. The monoisotopic (exact) mass is 384 g/mol. The number of esters is 1. The molecule has 0 amide bonds. The van der Waals surface area contributed by atoms with Gasteiger partial charge in [0.15, 0.2) is 0 Å². The Balaban J connectivity index is 3.74. The van der Waals surface area contributed by atoms with Crippen LogP contribution in [0.5, 0.6) is 0 Å². The molecule has 4 heteroatoms. The number of nitrogens with zero attached hydrogens (tertiary/aromatic N) is 1. The standard InChI is InChI=1S/C23H46NO3/c1-6-7-8-9-10-11-12-13-14-15-16-17-18-23(27-22(2)25)21-26-20-19-24(3,4)5/h18H,6-17,19-21H2,1-5H3/q+1. The molecule has 0 aromatic carbocycles. The van der Waals surface area contributed by atoms with Crippen molar-refractivity contribution in [1.82, 2.24) is 0 Å². The van der Waals surface area contributed by atoms with Gasteiger partial charge in [-0.3, -0.25) is 4.79 Å². The predicted molar refractivity (Wildman–Crippen MR) is 115 cm³/mol. The van der Waals surface area contributed by atoms with Crippen LogP contribution in [0.4, 0.5) is 0 Å². The van der Waals surface area contributed by atoms with E-state index >= 15 is 0 Å². The van der Waals surface area contributed by atoms with Gasteiger partial charge >= 0.3 is 5.97 Å². The highest BCUT2D eigenvalue weighted by Gasteiger charge is 2.08. The largest absolute Gasteiger partial charge is 0.429 e. The molecule has 0 N–H and O–H groups in total. The lowest BCUT2D eigenvalue weighted by Gasteiger charge is -2.23. The summed E-state index contributed by atoms with van der Waals surface area (Å²) in [5, 5.41) is 0. The second kappa shape index (κ2) is 17.2. The van der Waals surface area contributed by atoms with Crippen molar-refractivity contribution in [3.63, 3.8) is 0 Å². The maximum absolute atomic E-state index is 11.2. The van der Waals surface area contributed by atoms with Crippen molar-refractivity contribution < 1.29 is 18.8 Å². The first kappa shape index (κ1) is 26.1. The number of ether oxygens (including phenoxy) is 2.